The smallest absolute Gasteiger partial charge is 0.222 e. The van der Waals surface area contributed by atoms with Crippen LogP contribution in [0.4, 0.5) is 0 Å². The molecule has 0 atom stereocenters. The van der Waals surface area contributed by atoms with E-state index in [1.54, 1.807) is 11.3 Å². The van der Waals surface area contributed by atoms with Crippen molar-refractivity contribution in [1.29, 1.82) is 0 Å². The van der Waals surface area contributed by atoms with Crippen molar-refractivity contribution >= 4 is 17.2 Å². The lowest BCUT2D eigenvalue weighted by Crippen LogP contribution is -2.39. The van der Waals surface area contributed by atoms with Crippen LogP contribution in [0.2, 0.25) is 0 Å². The first-order valence-corrected chi connectivity index (χ1v) is 8.55. The van der Waals surface area contributed by atoms with Crippen LogP contribution in [0, 0.1) is 0 Å². The molecule has 0 spiro atoms. The molecule has 1 saturated heterocycles. The van der Waals surface area contributed by atoms with E-state index in [1.807, 2.05) is 21.8 Å². The maximum atomic E-state index is 12.3. The van der Waals surface area contributed by atoms with E-state index >= 15 is 0 Å². The number of aromatic nitrogens is 3. The molecule has 3 rings (SSSR count). The van der Waals surface area contributed by atoms with Crippen molar-refractivity contribution in [3.05, 3.63) is 34.3 Å². The van der Waals surface area contributed by atoms with Gasteiger partial charge in [0.2, 0.25) is 5.91 Å². The van der Waals surface area contributed by atoms with Gasteiger partial charge in [-0.2, -0.15) is 0 Å². The minimum atomic E-state index is 0.257. The number of aryl methyl sites for hydroxylation is 1. The zero-order valence-electron chi connectivity index (χ0n) is 12.5. The molecule has 0 aromatic carbocycles. The minimum Gasteiger partial charge on any atom is -0.343 e. The van der Waals surface area contributed by atoms with Crippen LogP contribution < -0.4 is 5.73 Å². The van der Waals surface area contributed by atoms with Gasteiger partial charge in [-0.05, 0) is 30.7 Å². The van der Waals surface area contributed by atoms with E-state index in [-0.39, 0.29) is 5.91 Å². The third kappa shape index (κ3) is 3.53. The molecular weight excluding hydrogens is 298 g/mol. The molecule has 1 amide bonds. The normalized spacial score (nSPS) is 16.1. The van der Waals surface area contributed by atoms with Crippen LogP contribution in [0.1, 0.15) is 35.9 Å². The third-order valence-electron chi connectivity index (χ3n) is 4.12. The second-order valence-corrected chi connectivity index (χ2v) is 6.62. The van der Waals surface area contributed by atoms with Gasteiger partial charge < -0.3 is 10.6 Å². The van der Waals surface area contributed by atoms with Gasteiger partial charge in [-0.25, -0.2) is 4.68 Å². The Morgan fingerprint density at radius 1 is 1.41 bits per heavy atom. The highest BCUT2D eigenvalue weighted by Crippen LogP contribution is 2.22. The summed E-state index contributed by atoms with van der Waals surface area (Å²) in [7, 11) is 0. The lowest BCUT2D eigenvalue weighted by molar-refractivity contribution is -0.132. The van der Waals surface area contributed by atoms with Gasteiger partial charge >= 0.3 is 0 Å². The molecular formula is C15H21N5OS. The first-order valence-electron chi connectivity index (χ1n) is 7.67. The van der Waals surface area contributed by atoms with Crippen LogP contribution in [0.3, 0.4) is 0 Å². The van der Waals surface area contributed by atoms with E-state index in [1.165, 1.54) is 4.88 Å². The van der Waals surface area contributed by atoms with E-state index in [0.717, 1.165) is 38.0 Å². The van der Waals surface area contributed by atoms with Crippen LogP contribution in [-0.2, 0) is 17.8 Å². The molecule has 0 radical (unpaired) electrons. The quantitative estimate of drug-likeness (QED) is 0.908. The van der Waals surface area contributed by atoms with Gasteiger partial charge in [-0.15, -0.1) is 16.4 Å². The summed E-state index contributed by atoms with van der Waals surface area (Å²) in [4.78, 5) is 15.5. The number of piperidine rings is 1. The molecule has 0 aliphatic carbocycles. The largest absolute Gasteiger partial charge is 0.343 e. The number of hydrogen-bond donors (Lipinski definition) is 1. The first kappa shape index (κ1) is 15.2. The molecule has 118 valence electrons. The second kappa shape index (κ2) is 7.02. The fraction of sp³-hybridized carbons (Fsp3) is 0.533. The summed E-state index contributed by atoms with van der Waals surface area (Å²) >= 11 is 1.71. The van der Waals surface area contributed by atoms with Gasteiger partial charge in [0.15, 0.2) is 0 Å². The summed E-state index contributed by atoms with van der Waals surface area (Å²) in [6, 6.07) is 4.45. The highest BCUT2D eigenvalue weighted by Gasteiger charge is 2.24. The molecule has 2 N–H and O–H groups in total. The first-order chi connectivity index (χ1) is 10.8. The molecule has 0 unspecified atom stereocenters. The number of nitrogens with zero attached hydrogens (tertiary/aromatic N) is 4. The van der Waals surface area contributed by atoms with E-state index in [2.05, 4.69) is 21.8 Å². The van der Waals surface area contributed by atoms with Crippen molar-refractivity contribution in [2.45, 2.75) is 38.3 Å². The molecule has 0 saturated carbocycles. The number of likely N-dealkylation sites (tertiary alicyclic amines) is 1. The number of hydrogen-bond acceptors (Lipinski definition) is 5. The summed E-state index contributed by atoms with van der Waals surface area (Å²) < 4.78 is 1.90. The van der Waals surface area contributed by atoms with Crippen LogP contribution in [-0.4, -0.2) is 38.9 Å². The third-order valence-corrected chi connectivity index (χ3v) is 5.06. The molecule has 7 heteroatoms. The minimum absolute atomic E-state index is 0.257. The number of thiophene rings is 1. The van der Waals surface area contributed by atoms with Crippen LogP contribution in [0.25, 0.3) is 0 Å². The van der Waals surface area contributed by atoms with Crippen molar-refractivity contribution in [3.63, 3.8) is 0 Å². The van der Waals surface area contributed by atoms with Gasteiger partial charge in [-0.1, -0.05) is 11.3 Å². The van der Waals surface area contributed by atoms with Gasteiger partial charge in [0.1, 0.15) is 0 Å². The lowest BCUT2D eigenvalue weighted by Gasteiger charge is -2.31. The number of amides is 1. The Morgan fingerprint density at radius 3 is 2.86 bits per heavy atom. The van der Waals surface area contributed by atoms with E-state index in [9.17, 15) is 4.79 Å². The van der Waals surface area contributed by atoms with Gasteiger partial charge in [0.25, 0.3) is 0 Å². The summed E-state index contributed by atoms with van der Waals surface area (Å²) in [5.41, 5.74) is 6.37. The molecule has 22 heavy (non-hydrogen) atoms. The Hall–Kier alpha value is -1.73. The Balaban J connectivity index is 1.47. The van der Waals surface area contributed by atoms with Gasteiger partial charge in [-0.3, -0.25) is 4.79 Å². The SMILES string of the molecule is NCc1cn(C2CCN(C(=O)CCc3cccs3)CC2)nn1. The zero-order chi connectivity index (χ0) is 15.4. The molecule has 2 aromatic rings. The van der Waals surface area contributed by atoms with Crippen molar-refractivity contribution < 1.29 is 4.79 Å². The Bertz CT molecular complexity index is 601. The Morgan fingerprint density at radius 2 is 2.23 bits per heavy atom. The van der Waals surface area contributed by atoms with E-state index in [4.69, 9.17) is 5.73 Å². The maximum absolute atomic E-state index is 12.3. The molecule has 1 aliphatic heterocycles. The number of carbonyl (C=O) groups excluding carboxylic acids is 1. The molecule has 3 heterocycles. The fourth-order valence-electron chi connectivity index (χ4n) is 2.81. The predicted octanol–water partition coefficient (Wildman–Crippen LogP) is 1.59. The maximum Gasteiger partial charge on any atom is 0.222 e. The van der Waals surface area contributed by atoms with Gasteiger partial charge in [0.05, 0.1) is 17.9 Å². The van der Waals surface area contributed by atoms with Crippen LogP contribution in [0.5, 0.6) is 0 Å². The monoisotopic (exact) mass is 319 g/mol. The van der Waals surface area contributed by atoms with Crippen LogP contribution in [0.15, 0.2) is 23.7 Å². The van der Waals surface area contributed by atoms with Crippen molar-refractivity contribution in [1.82, 2.24) is 19.9 Å². The highest BCUT2D eigenvalue weighted by molar-refractivity contribution is 7.09. The van der Waals surface area contributed by atoms with Crippen molar-refractivity contribution in [2.75, 3.05) is 13.1 Å². The summed E-state index contributed by atoms with van der Waals surface area (Å²) in [5.74, 6) is 0.257. The van der Waals surface area contributed by atoms with Crippen molar-refractivity contribution in [2.24, 2.45) is 5.73 Å². The summed E-state index contributed by atoms with van der Waals surface area (Å²) in [5, 5.41) is 10.2. The molecule has 1 fully saturated rings. The second-order valence-electron chi connectivity index (χ2n) is 5.59. The number of nitrogens with two attached hydrogens (primary N) is 1. The number of carbonyl (C=O) groups is 1. The highest BCUT2D eigenvalue weighted by atomic mass is 32.1. The lowest BCUT2D eigenvalue weighted by atomic mass is 10.0. The van der Waals surface area contributed by atoms with Gasteiger partial charge in [0, 0.05) is 30.9 Å². The average Bonchev–Trinajstić information content (AvgIpc) is 3.24. The summed E-state index contributed by atoms with van der Waals surface area (Å²) in [6.45, 7) is 2.01. The molecule has 6 nitrogen and oxygen atoms in total. The summed E-state index contributed by atoms with van der Waals surface area (Å²) in [6.07, 6.45) is 5.22. The topological polar surface area (TPSA) is 77.0 Å². The van der Waals surface area contributed by atoms with Crippen LogP contribution >= 0.6 is 11.3 Å². The number of rotatable bonds is 5. The average molecular weight is 319 g/mol. The predicted molar refractivity (Wildman–Crippen MR) is 85.4 cm³/mol. The Kier molecular flexibility index (Phi) is 4.84. The Labute approximate surface area is 133 Å². The standard InChI is InChI=1S/C15H21N5OS/c16-10-12-11-20(18-17-12)13-5-7-19(8-6-13)15(21)4-3-14-2-1-9-22-14/h1-2,9,11,13H,3-8,10,16H2. The molecule has 0 bridgehead atoms. The van der Waals surface area contributed by atoms with E-state index in [0.29, 0.717) is 19.0 Å². The van der Waals surface area contributed by atoms with E-state index < -0.39 is 0 Å². The molecule has 2 aromatic heterocycles. The molecule has 1 aliphatic rings. The zero-order valence-corrected chi connectivity index (χ0v) is 13.3. The van der Waals surface area contributed by atoms with Crippen molar-refractivity contribution in [3.8, 4) is 0 Å². The fourth-order valence-corrected chi connectivity index (χ4v) is 3.52.